The zero-order valence-corrected chi connectivity index (χ0v) is 12.2. The summed E-state index contributed by atoms with van der Waals surface area (Å²) in [5.74, 6) is -1.52. The number of carbonyl (C=O) groups excluding carboxylic acids is 2. The number of hydrogen-bond acceptors (Lipinski definition) is 5. The lowest BCUT2D eigenvalue weighted by Crippen LogP contribution is -2.47. The zero-order chi connectivity index (χ0) is 13.9. The molecule has 5 heteroatoms. The minimum Gasteiger partial charge on any atom is -0.467 e. The highest BCUT2D eigenvalue weighted by atomic mass is 32.2. The molecule has 0 bridgehead atoms. The Hall–Kier alpha value is -0.550. The summed E-state index contributed by atoms with van der Waals surface area (Å²) in [6.45, 7) is 8.83. The molecule has 0 fully saturated rings. The van der Waals surface area contributed by atoms with Gasteiger partial charge in [0, 0.05) is 4.75 Å². The van der Waals surface area contributed by atoms with Crippen molar-refractivity contribution >= 4 is 22.8 Å². The van der Waals surface area contributed by atoms with E-state index >= 15 is 0 Å². The average molecular weight is 262 g/mol. The highest BCUT2D eigenvalue weighted by molar-refractivity contribution is 8.14. The topological polar surface area (TPSA) is 63.6 Å². The van der Waals surface area contributed by atoms with Gasteiger partial charge in [-0.1, -0.05) is 39.5 Å². The number of ether oxygens (including phenoxy) is 1. The number of carbonyl (C=O) groups is 2. The SMILES string of the molecule is CC[C@H](C(=O)SC(C)(C)C)[C@](C)(O)C(=O)OC. The van der Waals surface area contributed by atoms with E-state index in [0.29, 0.717) is 6.42 Å². The fourth-order valence-electron chi connectivity index (χ4n) is 1.52. The van der Waals surface area contributed by atoms with E-state index in [1.54, 1.807) is 6.92 Å². The second kappa shape index (κ2) is 5.87. The smallest absolute Gasteiger partial charge is 0.338 e. The third-order valence-corrected chi connectivity index (χ3v) is 3.47. The molecule has 0 saturated heterocycles. The molecule has 0 aliphatic carbocycles. The molecular weight excluding hydrogens is 240 g/mol. The van der Waals surface area contributed by atoms with Crippen LogP contribution in [0.2, 0.25) is 0 Å². The molecule has 17 heavy (non-hydrogen) atoms. The Morgan fingerprint density at radius 1 is 1.29 bits per heavy atom. The maximum absolute atomic E-state index is 12.1. The van der Waals surface area contributed by atoms with Crippen LogP contribution in [0.5, 0.6) is 0 Å². The van der Waals surface area contributed by atoms with Gasteiger partial charge in [-0.25, -0.2) is 4.79 Å². The number of esters is 1. The summed E-state index contributed by atoms with van der Waals surface area (Å²) >= 11 is 1.14. The number of thioether (sulfide) groups is 1. The first kappa shape index (κ1) is 16.4. The molecular formula is C12H22O4S. The Morgan fingerprint density at radius 2 is 1.76 bits per heavy atom. The van der Waals surface area contributed by atoms with Gasteiger partial charge < -0.3 is 9.84 Å². The first-order chi connectivity index (χ1) is 7.56. The molecule has 0 aromatic rings. The predicted molar refractivity (Wildman–Crippen MR) is 68.8 cm³/mol. The van der Waals surface area contributed by atoms with E-state index in [0.717, 1.165) is 11.8 Å². The van der Waals surface area contributed by atoms with Gasteiger partial charge in [-0.3, -0.25) is 4.79 Å². The van der Waals surface area contributed by atoms with Crippen molar-refractivity contribution in [2.75, 3.05) is 7.11 Å². The van der Waals surface area contributed by atoms with Crippen LogP contribution in [-0.2, 0) is 14.3 Å². The Balaban J connectivity index is 4.96. The lowest BCUT2D eigenvalue weighted by atomic mass is 9.88. The van der Waals surface area contributed by atoms with Crippen LogP contribution in [0, 0.1) is 5.92 Å². The van der Waals surface area contributed by atoms with Crippen molar-refractivity contribution in [3.63, 3.8) is 0 Å². The second-order valence-corrected chi connectivity index (χ2v) is 6.96. The monoisotopic (exact) mass is 262 g/mol. The third-order valence-electron chi connectivity index (χ3n) is 2.38. The van der Waals surface area contributed by atoms with Crippen molar-refractivity contribution < 1.29 is 19.4 Å². The van der Waals surface area contributed by atoms with Gasteiger partial charge in [0.1, 0.15) is 0 Å². The molecule has 0 spiro atoms. The van der Waals surface area contributed by atoms with Gasteiger partial charge in [0.2, 0.25) is 0 Å². The number of methoxy groups -OCH3 is 1. The summed E-state index contributed by atoms with van der Waals surface area (Å²) in [6.07, 6.45) is 0.393. The molecule has 4 nitrogen and oxygen atoms in total. The molecule has 0 amide bonds. The molecule has 100 valence electrons. The third kappa shape index (κ3) is 4.68. The summed E-state index contributed by atoms with van der Waals surface area (Å²) in [6, 6.07) is 0. The highest BCUT2D eigenvalue weighted by Gasteiger charge is 2.44. The molecule has 0 saturated carbocycles. The van der Waals surface area contributed by atoms with E-state index in [-0.39, 0.29) is 9.86 Å². The van der Waals surface area contributed by atoms with Crippen molar-refractivity contribution in [1.82, 2.24) is 0 Å². The van der Waals surface area contributed by atoms with Crippen LogP contribution in [0.1, 0.15) is 41.0 Å². The summed E-state index contributed by atoms with van der Waals surface area (Å²) < 4.78 is 4.29. The molecule has 0 radical (unpaired) electrons. The average Bonchev–Trinajstić information content (AvgIpc) is 2.14. The Bertz CT molecular complexity index is 291. The van der Waals surface area contributed by atoms with Crippen LogP contribution in [-0.4, -0.2) is 33.6 Å². The van der Waals surface area contributed by atoms with E-state index in [4.69, 9.17) is 0 Å². The largest absolute Gasteiger partial charge is 0.467 e. The molecule has 0 rings (SSSR count). The number of hydrogen-bond donors (Lipinski definition) is 1. The lowest BCUT2D eigenvalue weighted by Gasteiger charge is -2.30. The predicted octanol–water partition coefficient (Wildman–Crippen LogP) is 1.99. The highest BCUT2D eigenvalue weighted by Crippen LogP contribution is 2.33. The maximum Gasteiger partial charge on any atom is 0.338 e. The van der Waals surface area contributed by atoms with E-state index in [1.807, 2.05) is 20.8 Å². The minimum atomic E-state index is -1.77. The Labute approximate surface area is 107 Å². The van der Waals surface area contributed by atoms with Gasteiger partial charge >= 0.3 is 5.97 Å². The van der Waals surface area contributed by atoms with Crippen molar-refractivity contribution in [2.24, 2.45) is 5.92 Å². The van der Waals surface area contributed by atoms with Crippen LogP contribution in [0.3, 0.4) is 0 Å². The normalized spacial score (nSPS) is 17.1. The van der Waals surface area contributed by atoms with Crippen LogP contribution < -0.4 is 0 Å². The van der Waals surface area contributed by atoms with Crippen LogP contribution in [0.25, 0.3) is 0 Å². The molecule has 2 atom stereocenters. The van der Waals surface area contributed by atoms with Gasteiger partial charge in [0.05, 0.1) is 13.0 Å². The van der Waals surface area contributed by atoms with Crippen molar-refractivity contribution in [3.8, 4) is 0 Å². The number of rotatable bonds is 4. The second-order valence-electron chi connectivity index (χ2n) is 5.13. The quantitative estimate of drug-likeness (QED) is 0.785. The first-order valence-corrected chi connectivity index (χ1v) is 6.41. The Kier molecular flexibility index (Phi) is 5.68. The van der Waals surface area contributed by atoms with E-state index in [9.17, 15) is 14.7 Å². The molecule has 0 heterocycles. The molecule has 0 aliphatic rings. The summed E-state index contributed by atoms with van der Waals surface area (Å²) in [5, 5.41) is 9.92. The van der Waals surface area contributed by atoms with Gasteiger partial charge in [-0.05, 0) is 13.3 Å². The van der Waals surface area contributed by atoms with Crippen molar-refractivity contribution in [3.05, 3.63) is 0 Å². The van der Waals surface area contributed by atoms with E-state index in [1.165, 1.54) is 14.0 Å². The summed E-state index contributed by atoms with van der Waals surface area (Å²) in [4.78, 5) is 23.5. The summed E-state index contributed by atoms with van der Waals surface area (Å²) in [5.41, 5.74) is -1.77. The van der Waals surface area contributed by atoms with Gasteiger partial charge in [-0.15, -0.1) is 0 Å². The lowest BCUT2D eigenvalue weighted by molar-refractivity contribution is -0.167. The van der Waals surface area contributed by atoms with Gasteiger partial charge in [0.15, 0.2) is 10.7 Å². The zero-order valence-electron chi connectivity index (χ0n) is 11.4. The minimum absolute atomic E-state index is 0.185. The van der Waals surface area contributed by atoms with Crippen LogP contribution >= 0.6 is 11.8 Å². The molecule has 0 aromatic carbocycles. The first-order valence-electron chi connectivity index (χ1n) is 5.60. The van der Waals surface area contributed by atoms with Crippen LogP contribution in [0.15, 0.2) is 0 Å². The Morgan fingerprint density at radius 3 is 2.06 bits per heavy atom. The molecule has 0 aromatic heterocycles. The van der Waals surface area contributed by atoms with Gasteiger partial charge in [-0.2, -0.15) is 0 Å². The fraction of sp³-hybridized carbons (Fsp3) is 0.833. The summed E-state index contributed by atoms with van der Waals surface area (Å²) in [7, 11) is 1.20. The van der Waals surface area contributed by atoms with Crippen molar-refractivity contribution in [2.45, 2.75) is 51.4 Å². The molecule has 0 unspecified atom stereocenters. The molecule has 1 N–H and O–H groups in total. The van der Waals surface area contributed by atoms with Gasteiger partial charge in [0.25, 0.3) is 0 Å². The van der Waals surface area contributed by atoms with Crippen LogP contribution in [0.4, 0.5) is 0 Å². The van der Waals surface area contributed by atoms with E-state index in [2.05, 4.69) is 4.74 Å². The number of aliphatic hydroxyl groups is 1. The maximum atomic E-state index is 12.1. The molecule has 0 aliphatic heterocycles. The van der Waals surface area contributed by atoms with E-state index < -0.39 is 17.5 Å². The standard InChI is InChI=1S/C12H22O4S/c1-7-8(9(13)17-11(2,3)4)12(5,15)10(14)16-6/h8,15H,7H2,1-6H3/t8-,12+/m1/s1. The van der Waals surface area contributed by atoms with Crippen molar-refractivity contribution in [1.29, 1.82) is 0 Å². The fourth-order valence-corrected chi connectivity index (χ4v) is 2.66.